The van der Waals surface area contributed by atoms with Crippen molar-refractivity contribution < 1.29 is 14.2 Å². The molecule has 6 nitrogen and oxygen atoms in total. The van der Waals surface area contributed by atoms with Gasteiger partial charge >= 0.3 is 0 Å². The van der Waals surface area contributed by atoms with Crippen molar-refractivity contribution in [1.29, 1.82) is 0 Å². The number of methoxy groups -OCH3 is 1. The second-order valence-corrected chi connectivity index (χ2v) is 8.92. The predicted octanol–water partition coefficient (Wildman–Crippen LogP) is 3.35. The minimum absolute atomic E-state index is 0.240. The molecule has 6 heteroatoms. The van der Waals surface area contributed by atoms with Crippen molar-refractivity contribution in [2.75, 3.05) is 47.0 Å². The van der Waals surface area contributed by atoms with Gasteiger partial charge < -0.3 is 24.4 Å². The van der Waals surface area contributed by atoms with Crippen molar-refractivity contribution in [3.63, 3.8) is 0 Å². The minimum atomic E-state index is 0.240. The molecule has 2 heterocycles. The second-order valence-electron chi connectivity index (χ2n) is 8.92. The van der Waals surface area contributed by atoms with Gasteiger partial charge in [-0.25, -0.2) is 0 Å². The van der Waals surface area contributed by atoms with E-state index < -0.39 is 0 Å². The lowest BCUT2D eigenvalue weighted by atomic mass is 9.96. The van der Waals surface area contributed by atoms with E-state index in [9.17, 15) is 0 Å². The lowest BCUT2D eigenvalue weighted by molar-refractivity contribution is -0.0721. The van der Waals surface area contributed by atoms with E-state index in [4.69, 9.17) is 14.2 Å². The maximum Gasteiger partial charge on any atom is 0.193 e. The molecule has 0 aromatic heterocycles. The Kier molecular flexibility index (Phi) is 7.16. The van der Waals surface area contributed by atoms with Crippen LogP contribution in [-0.2, 0) is 14.9 Å². The van der Waals surface area contributed by atoms with Gasteiger partial charge in [-0.2, -0.15) is 0 Å². The molecule has 0 radical (unpaired) electrons. The van der Waals surface area contributed by atoms with Crippen LogP contribution in [0.15, 0.2) is 29.3 Å². The summed E-state index contributed by atoms with van der Waals surface area (Å²) in [5.74, 6) is 1.93. The Morgan fingerprint density at radius 1 is 1.17 bits per heavy atom. The first-order valence-corrected chi connectivity index (χ1v) is 11.6. The van der Waals surface area contributed by atoms with Crippen molar-refractivity contribution >= 4 is 5.96 Å². The zero-order chi connectivity index (χ0) is 20.8. The fraction of sp³-hybridized carbons (Fsp3) is 0.708. The molecule has 1 atom stereocenters. The van der Waals surface area contributed by atoms with Crippen LogP contribution in [0.25, 0.3) is 0 Å². The van der Waals surface area contributed by atoms with Gasteiger partial charge in [0.05, 0.1) is 25.9 Å². The highest BCUT2D eigenvalue weighted by Crippen LogP contribution is 2.47. The maximum absolute atomic E-state index is 6.16. The van der Waals surface area contributed by atoms with Crippen molar-refractivity contribution in [2.45, 2.75) is 62.6 Å². The monoisotopic (exact) mass is 415 g/mol. The standard InChI is InChI=1S/C24H37N3O3/c1-25-23(26-18-24(12-13-24)19-6-8-20(28-2)9-7-19)27-14-10-21(11-15-27)30-17-22-5-3-4-16-29-22/h6-9,21-22H,3-5,10-18H2,1-2H3,(H,25,26). The lowest BCUT2D eigenvalue weighted by Gasteiger charge is -2.35. The molecule has 3 fully saturated rings. The molecule has 1 aliphatic carbocycles. The molecule has 30 heavy (non-hydrogen) atoms. The molecule has 1 N–H and O–H groups in total. The Hall–Kier alpha value is -1.79. The Morgan fingerprint density at radius 3 is 2.53 bits per heavy atom. The zero-order valence-electron chi connectivity index (χ0n) is 18.6. The molecule has 166 valence electrons. The van der Waals surface area contributed by atoms with Crippen LogP contribution in [0.3, 0.4) is 0 Å². The predicted molar refractivity (Wildman–Crippen MR) is 119 cm³/mol. The summed E-state index contributed by atoms with van der Waals surface area (Å²) in [5, 5.41) is 3.65. The van der Waals surface area contributed by atoms with E-state index in [0.29, 0.717) is 12.2 Å². The highest BCUT2D eigenvalue weighted by molar-refractivity contribution is 5.80. The number of hydrogen-bond acceptors (Lipinski definition) is 4. The number of piperidine rings is 1. The zero-order valence-corrected chi connectivity index (χ0v) is 18.6. The summed E-state index contributed by atoms with van der Waals surface area (Å²) in [7, 11) is 3.60. The number of nitrogens with zero attached hydrogens (tertiary/aromatic N) is 2. The summed E-state index contributed by atoms with van der Waals surface area (Å²) in [5.41, 5.74) is 1.63. The maximum atomic E-state index is 6.16. The molecule has 2 saturated heterocycles. The van der Waals surface area contributed by atoms with Crippen LogP contribution in [-0.4, -0.2) is 70.1 Å². The van der Waals surface area contributed by atoms with Gasteiger partial charge in [0, 0.05) is 38.7 Å². The molecule has 4 rings (SSSR count). The third-order valence-electron chi connectivity index (χ3n) is 6.89. The largest absolute Gasteiger partial charge is 0.497 e. The van der Waals surface area contributed by atoms with Crippen molar-refractivity contribution in [2.24, 2.45) is 4.99 Å². The van der Waals surface area contributed by atoms with Gasteiger partial charge in [-0.05, 0) is 62.6 Å². The third kappa shape index (κ3) is 5.27. The molecule has 1 aromatic carbocycles. The van der Waals surface area contributed by atoms with Crippen molar-refractivity contribution in [3.8, 4) is 5.75 Å². The average molecular weight is 416 g/mol. The number of nitrogens with one attached hydrogen (secondary N) is 1. The molecule has 0 amide bonds. The van der Waals surface area contributed by atoms with Crippen LogP contribution < -0.4 is 10.1 Å². The molecule has 1 unspecified atom stereocenters. The number of guanidine groups is 1. The second kappa shape index (κ2) is 10.0. The number of rotatable bonds is 7. The summed E-state index contributed by atoms with van der Waals surface area (Å²) in [6.07, 6.45) is 8.82. The van der Waals surface area contributed by atoms with E-state index >= 15 is 0 Å². The van der Waals surface area contributed by atoms with Crippen LogP contribution in [0.4, 0.5) is 0 Å². The first-order valence-electron chi connectivity index (χ1n) is 11.6. The van der Waals surface area contributed by atoms with Crippen LogP contribution in [0.5, 0.6) is 5.75 Å². The lowest BCUT2D eigenvalue weighted by Crippen LogP contribution is -2.48. The topological polar surface area (TPSA) is 55.3 Å². The molecule has 0 spiro atoms. The highest BCUT2D eigenvalue weighted by Gasteiger charge is 2.44. The smallest absolute Gasteiger partial charge is 0.193 e. The first kappa shape index (κ1) is 21.4. The summed E-state index contributed by atoms with van der Waals surface area (Å²) in [6.45, 7) is 4.56. The molecule has 3 aliphatic rings. The van der Waals surface area contributed by atoms with Gasteiger partial charge in [0.25, 0.3) is 0 Å². The number of aliphatic imine (C=N–C) groups is 1. The first-order chi connectivity index (χ1) is 14.7. The highest BCUT2D eigenvalue weighted by atomic mass is 16.5. The van der Waals surface area contributed by atoms with Crippen LogP contribution in [0.2, 0.25) is 0 Å². The minimum Gasteiger partial charge on any atom is -0.497 e. The molecule has 2 aliphatic heterocycles. The van der Waals surface area contributed by atoms with Gasteiger partial charge in [-0.15, -0.1) is 0 Å². The van der Waals surface area contributed by atoms with Gasteiger partial charge in [-0.3, -0.25) is 4.99 Å². The molecule has 0 bridgehead atoms. The summed E-state index contributed by atoms with van der Waals surface area (Å²) in [4.78, 5) is 6.93. The summed E-state index contributed by atoms with van der Waals surface area (Å²) >= 11 is 0. The Labute approximate surface area is 181 Å². The molecular weight excluding hydrogens is 378 g/mol. The Morgan fingerprint density at radius 2 is 1.93 bits per heavy atom. The Bertz CT molecular complexity index is 688. The number of likely N-dealkylation sites (tertiary alicyclic amines) is 1. The summed E-state index contributed by atoms with van der Waals surface area (Å²) < 4.78 is 17.3. The normalized spacial score (nSPS) is 24.5. The van der Waals surface area contributed by atoms with Gasteiger partial charge in [-0.1, -0.05) is 12.1 Å². The number of hydrogen-bond donors (Lipinski definition) is 1. The van der Waals surface area contributed by atoms with Crippen LogP contribution in [0.1, 0.15) is 50.5 Å². The summed E-state index contributed by atoms with van der Waals surface area (Å²) in [6, 6.07) is 8.53. The average Bonchev–Trinajstić information content (AvgIpc) is 3.61. The van der Waals surface area contributed by atoms with Gasteiger partial charge in [0.1, 0.15) is 5.75 Å². The fourth-order valence-corrected chi connectivity index (χ4v) is 4.66. The van der Waals surface area contributed by atoms with E-state index in [1.807, 2.05) is 7.05 Å². The number of benzene rings is 1. The fourth-order valence-electron chi connectivity index (χ4n) is 4.66. The van der Waals surface area contributed by atoms with Gasteiger partial charge in [0.2, 0.25) is 0 Å². The molecular formula is C24H37N3O3. The van der Waals surface area contributed by atoms with Crippen molar-refractivity contribution in [1.82, 2.24) is 10.2 Å². The molecule has 1 aromatic rings. The van der Waals surface area contributed by atoms with Gasteiger partial charge in [0.15, 0.2) is 5.96 Å². The molecule has 1 saturated carbocycles. The van der Waals surface area contributed by atoms with Crippen molar-refractivity contribution in [3.05, 3.63) is 29.8 Å². The van der Waals surface area contributed by atoms with E-state index in [-0.39, 0.29) is 5.41 Å². The van der Waals surface area contributed by atoms with E-state index in [1.54, 1.807) is 7.11 Å². The van der Waals surface area contributed by atoms with E-state index in [1.165, 1.54) is 31.2 Å². The quantitative estimate of drug-likeness (QED) is 0.547. The van der Waals surface area contributed by atoms with Crippen LogP contribution in [0, 0.1) is 0 Å². The van der Waals surface area contributed by atoms with E-state index in [2.05, 4.69) is 39.5 Å². The van der Waals surface area contributed by atoms with E-state index in [0.717, 1.165) is 63.8 Å². The third-order valence-corrected chi connectivity index (χ3v) is 6.89. The Balaban J connectivity index is 1.22. The number of ether oxygens (including phenoxy) is 3. The SMILES string of the molecule is CN=C(NCC1(c2ccc(OC)cc2)CC1)N1CCC(OCC2CCCCO2)CC1. The van der Waals surface area contributed by atoms with Crippen LogP contribution >= 0.6 is 0 Å².